The van der Waals surface area contributed by atoms with E-state index in [0.29, 0.717) is 50.7 Å². The van der Waals surface area contributed by atoms with Gasteiger partial charge in [0.05, 0.1) is 18.1 Å². The molecule has 1 amide bonds. The molecule has 1 saturated heterocycles. The van der Waals surface area contributed by atoms with Crippen molar-refractivity contribution in [2.45, 2.75) is 37.0 Å². The molecule has 1 aliphatic heterocycles. The highest BCUT2D eigenvalue weighted by molar-refractivity contribution is 7.89. The summed E-state index contributed by atoms with van der Waals surface area (Å²) in [6, 6.07) is 14.4. The first kappa shape index (κ1) is 23.7. The molecule has 1 N–H and O–H groups in total. The molecule has 1 heterocycles. The van der Waals surface area contributed by atoms with Crippen molar-refractivity contribution in [3.63, 3.8) is 0 Å². The number of amides is 1. The van der Waals surface area contributed by atoms with Gasteiger partial charge in [-0.25, -0.2) is 8.42 Å². The fourth-order valence-electron chi connectivity index (χ4n) is 3.43. The Bertz CT molecular complexity index is 983. The minimum atomic E-state index is -3.50. The van der Waals surface area contributed by atoms with Crippen molar-refractivity contribution in [1.82, 2.24) is 9.62 Å². The third kappa shape index (κ3) is 6.29. The summed E-state index contributed by atoms with van der Waals surface area (Å²) in [6.45, 7) is 6.24. The SMILES string of the molecule is CC(C)(CNC(=O)CCc1ccc(S(=O)(=O)N2CCOCC2)cc1)c1ccc(Cl)cc1. The number of benzene rings is 2. The standard InChI is InChI=1S/C23H29ClN2O4S/c1-23(2,19-6-8-20(24)9-7-19)17-25-22(27)12-5-18-3-10-21(11-4-18)31(28,29)26-13-15-30-16-14-26/h3-4,6-11H,5,12-17H2,1-2H3,(H,25,27). The van der Waals surface area contributed by atoms with E-state index in [0.717, 1.165) is 11.1 Å². The number of carbonyl (C=O) groups is 1. The number of carbonyl (C=O) groups excluding carboxylic acids is 1. The van der Waals surface area contributed by atoms with Gasteiger partial charge in [-0.15, -0.1) is 0 Å². The number of morpholine rings is 1. The van der Waals surface area contributed by atoms with Crippen LogP contribution in [0.1, 0.15) is 31.4 Å². The molecule has 2 aromatic rings. The minimum absolute atomic E-state index is 0.0351. The number of sulfonamides is 1. The van der Waals surface area contributed by atoms with Crippen LogP contribution in [0.4, 0.5) is 0 Å². The number of hydrogen-bond acceptors (Lipinski definition) is 4. The van der Waals surface area contributed by atoms with E-state index in [9.17, 15) is 13.2 Å². The molecule has 1 aliphatic rings. The second-order valence-corrected chi connectivity index (χ2v) is 10.7. The van der Waals surface area contributed by atoms with Crippen LogP contribution in [0.3, 0.4) is 0 Å². The lowest BCUT2D eigenvalue weighted by Crippen LogP contribution is -2.40. The van der Waals surface area contributed by atoms with Gasteiger partial charge in [-0.2, -0.15) is 4.31 Å². The van der Waals surface area contributed by atoms with Crippen molar-refractivity contribution in [3.8, 4) is 0 Å². The van der Waals surface area contributed by atoms with E-state index in [1.807, 2.05) is 24.3 Å². The Kier molecular flexibility index (Phi) is 7.75. The molecule has 0 saturated carbocycles. The van der Waals surface area contributed by atoms with E-state index >= 15 is 0 Å². The molecule has 0 aromatic heterocycles. The first-order valence-corrected chi connectivity index (χ1v) is 12.2. The normalized spacial score (nSPS) is 15.6. The molecule has 168 valence electrons. The first-order chi connectivity index (χ1) is 14.7. The van der Waals surface area contributed by atoms with E-state index in [1.165, 1.54) is 4.31 Å². The maximum atomic E-state index is 12.7. The third-order valence-electron chi connectivity index (χ3n) is 5.53. The fourth-order valence-corrected chi connectivity index (χ4v) is 4.97. The molecule has 0 bridgehead atoms. The third-order valence-corrected chi connectivity index (χ3v) is 7.69. The Morgan fingerprint density at radius 1 is 1.06 bits per heavy atom. The number of rotatable bonds is 8. The maximum absolute atomic E-state index is 12.7. The highest BCUT2D eigenvalue weighted by atomic mass is 35.5. The number of ether oxygens (including phenoxy) is 1. The van der Waals surface area contributed by atoms with Crippen LogP contribution in [0.25, 0.3) is 0 Å². The predicted octanol–water partition coefficient (Wildman–Crippen LogP) is 3.39. The molecule has 0 aliphatic carbocycles. The van der Waals surface area contributed by atoms with Crippen LogP contribution in [0.15, 0.2) is 53.4 Å². The number of nitrogens with zero attached hydrogens (tertiary/aromatic N) is 1. The van der Waals surface area contributed by atoms with Gasteiger partial charge >= 0.3 is 0 Å². The van der Waals surface area contributed by atoms with Gasteiger partial charge in [0, 0.05) is 36.5 Å². The maximum Gasteiger partial charge on any atom is 0.243 e. The van der Waals surface area contributed by atoms with Gasteiger partial charge in [0.25, 0.3) is 0 Å². The van der Waals surface area contributed by atoms with E-state index in [1.54, 1.807) is 24.3 Å². The minimum Gasteiger partial charge on any atom is -0.379 e. The van der Waals surface area contributed by atoms with Gasteiger partial charge in [0.2, 0.25) is 15.9 Å². The van der Waals surface area contributed by atoms with Crippen molar-refractivity contribution in [2.75, 3.05) is 32.8 Å². The van der Waals surface area contributed by atoms with Crippen LogP contribution < -0.4 is 5.32 Å². The summed E-state index contributed by atoms with van der Waals surface area (Å²) in [6.07, 6.45) is 0.886. The summed E-state index contributed by atoms with van der Waals surface area (Å²) in [5, 5.41) is 3.69. The summed E-state index contributed by atoms with van der Waals surface area (Å²) < 4.78 is 32.0. The lowest BCUT2D eigenvalue weighted by Gasteiger charge is -2.26. The van der Waals surface area contributed by atoms with Gasteiger partial charge < -0.3 is 10.1 Å². The average Bonchev–Trinajstić information content (AvgIpc) is 2.77. The van der Waals surface area contributed by atoms with Crippen LogP contribution in [-0.4, -0.2) is 51.5 Å². The summed E-state index contributed by atoms with van der Waals surface area (Å²) in [7, 11) is -3.50. The van der Waals surface area contributed by atoms with Gasteiger partial charge in [0.15, 0.2) is 0 Å². The lowest BCUT2D eigenvalue weighted by atomic mass is 9.84. The molecule has 0 spiro atoms. The summed E-state index contributed by atoms with van der Waals surface area (Å²) in [4.78, 5) is 12.6. The highest BCUT2D eigenvalue weighted by Crippen LogP contribution is 2.24. The van der Waals surface area contributed by atoms with Gasteiger partial charge in [-0.05, 0) is 41.8 Å². The molecule has 3 rings (SSSR count). The molecule has 8 heteroatoms. The van der Waals surface area contributed by atoms with Crippen molar-refractivity contribution in [3.05, 3.63) is 64.7 Å². The Balaban J connectivity index is 1.50. The zero-order valence-corrected chi connectivity index (χ0v) is 19.5. The smallest absolute Gasteiger partial charge is 0.243 e. The molecular formula is C23H29ClN2O4S. The molecule has 1 fully saturated rings. The second kappa shape index (κ2) is 10.1. The first-order valence-electron chi connectivity index (χ1n) is 10.4. The monoisotopic (exact) mass is 464 g/mol. The zero-order chi connectivity index (χ0) is 22.5. The molecule has 2 aromatic carbocycles. The topological polar surface area (TPSA) is 75.7 Å². The predicted molar refractivity (Wildman–Crippen MR) is 122 cm³/mol. The molecule has 31 heavy (non-hydrogen) atoms. The largest absolute Gasteiger partial charge is 0.379 e. The Hall–Kier alpha value is -1.93. The van der Waals surface area contributed by atoms with Crippen molar-refractivity contribution < 1.29 is 17.9 Å². The van der Waals surface area contributed by atoms with Gasteiger partial charge in [-0.1, -0.05) is 49.7 Å². The van der Waals surface area contributed by atoms with Crippen LogP contribution in [-0.2, 0) is 31.4 Å². The molecule has 0 unspecified atom stereocenters. The molecule has 0 atom stereocenters. The quantitative estimate of drug-likeness (QED) is 0.649. The van der Waals surface area contributed by atoms with Gasteiger partial charge in [-0.3, -0.25) is 4.79 Å². The Morgan fingerprint density at radius 3 is 2.29 bits per heavy atom. The van der Waals surface area contributed by atoms with E-state index in [2.05, 4.69) is 19.2 Å². The van der Waals surface area contributed by atoms with E-state index in [-0.39, 0.29) is 16.2 Å². The number of hydrogen-bond donors (Lipinski definition) is 1. The number of aryl methyl sites for hydroxylation is 1. The summed E-state index contributed by atoms with van der Waals surface area (Å²) >= 11 is 5.95. The van der Waals surface area contributed by atoms with Crippen molar-refractivity contribution in [1.29, 1.82) is 0 Å². The second-order valence-electron chi connectivity index (χ2n) is 8.33. The number of halogens is 1. The van der Waals surface area contributed by atoms with Crippen LogP contribution in [0.5, 0.6) is 0 Å². The van der Waals surface area contributed by atoms with Crippen LogP contribution in [0.2, 0.25) is 5.02 Å². The lowest BCUT2D eigenvalue weighted by molar-refractivity contribution is -0.121. The van der Waals surface area contributed by atoms with E-state index in [4.69, 9.17) is 16.3 Å². The fraction of sp³-hybridized carbons (Fsp3) is 0.435. The van der Waals surface area contributed by atoms with Crippen molar-refractivity contribution >= 4 is 27.5 Å². The van der Waals surface area contributed by atoms with Crippen molar-refractivity contribution in [2.24, 2.45) is 0 Å². The Morgan fingerprint density at radius 2 is 1.68 bits per heavy atom. The number of nitrogens with one attached hydrogen (secondary N) is 1. The van der Waals surface area contributed by atoms with Gasteiger partial charge in [0.1, 0.15) is 0 Å². The van der Waals surface area contributed by atoms with Crippen LogP contribution >= 0.6 is 11.6 Å². The zero-order valence-electron chi connectivity index (χ0n) is 17.9. The summed E-state index contributed by atoms with van der Waals surface area (Å²) in [5.74, 6) is -0.0351. The molecule has 6 nitrogen and oxygen atoms in total. The highest BCUT2D eigenvalue weighted by Gasteiger charge is 2.26. The molecule has 0 radical (unpaired) electrons. The van der Waals surface area contributed by atoms with E-state index < -0.39 is 10.0 Å². The average molecular weight is 465 g/mol. The summed E-state index contributed by atoms with van der Waals surface area (Å²) in [5.41, 5.74) is 1.82. The molecular weight excluding hydrogens is 436 g/mol. The Labute approximate surface area is 189 Å². The van der Waals surface area contributed by atoms with Crippen LogP contribution in [0, 0.1) is 0 Å².